The lowest BCUT2D eigenvalue weighted by Crippen LogP contribution is -2.44. The van der Waals surface area contributed by atoms with Gasteiger partial charge < -0.3 is 10.1 Å². The van der Waals surface area contributed by atoms with Gasteiger partial charge in [0.1, 0.15) is 0 Å². The van der Waals surface area contributed by atoms with Crippen LogP contribution in [-0.4, -0.2) is 43.3 Å². The van der Waals surface area contributed by atoms with Crippen molar-refractivity contribution >= 4 is 0 Å². The van der Waals surface area contributed by atoms with Crippen LogP contribution in [-0.2, 0) is 4.74 Å². The molecule has 1 N–H and O–H groups in total. The van der Waals surface area contributed by atoms with Crippen LogP contribution in [0.4, 0.5) is 13.2 Å². The predicted molar refractivity (Wildman–Crippen MR) is 81.7 cm³/mol. The number of likely N-dealkylation sites (tertiary alicyclic amines) is 1. The smallest absolute Gasteiger partial charge is 0.194 e. The van der Waals surface area contributed by atoms with Crippen LogP contribution in [0.15, 0.2) is 12.1 Å². The van der Waals surface area contributed by atoms with E-state index in [1.807, 2.05) is 6.92 Å². The van der Waals surface area contributed by atoms with Crippen LogP contribution in [0.1, 0.15) is 37.8 Å². The van der Waals surface area contributed by atoms with Gasteiger partial charge in [0.2, 0.25) is 0 Å². The first-order chi connectivity index (χ1) is 11.1. The summed E-state index contributed by atoms with van der Waals surface area (Å²) in [6.45, 7) is 5.17. The Hall–Kier alpha value is -1.11. The molecule has 0 radical (unpaired) electrons. The number of nitrogens with one attached hydrogen (secondary N) is 1. The van der Waals surface area contributed by atoms with Gasteiger partial charge in [-0.1, -0.05) is 6.92 Å². The van der Waals surface area contributed by atoms with E-state index in [0.29, 0.717) is 11.6 Å². The summed E-state index contributed by atoms with van der Waals surface area (Å²) in [6.07, 6.45) is 2.81. The first kappa shape index (κ1) is 16.7. The summed E-state index contributed by atoms with van der Waals surface area (Å²) in [6, 6.07) is 2.61. The predicted octanol–water partition coefficient (Wildman–Crippen LogP) is 3.01. The molecule has 6 heteroatoms. The zero-order chi connectivity index (χ0) is 16.4. The fraction of sp³-hybridized carbons (Fsp3) is 0.647. The third-order valence-corrected chi connectivity index (χ3v) is 4.93. The van der Waals surface area contributed by atoms with Crippen molar-refractivity contribution in [3.05, 3.63) is 35.1 Å². The Morgan fingerprint density at radius 3 is 2.39 bits per heavy atom. The highest BCUT2D eigenvalue weighted by Crippen LogP contribution is 2.34. The molecule has 0 aromatic heterocycles. The van der Waals surface area contributed by atoms with Gasteiger partial charge in [0.15, 0.2) is 17.5 Å². The summed E-state index contributed by atoms with van der Waals surface area (Å²) < 4.78 is 45.9. The van der Waals surface area contributed by atoms with Gasteiger partial charge in [-0.2, -0.15) is 0 Å². The van der Waals surface area contributed by atoms with Crippen molar-refractivity contribution in [2.75, 3.05) is 26.3 Å². The fourth-order valence-corrected chi connectivity index (χ4v) is 3.74. The molecule has 2 fully saturated rings. The molecule has 0 bridgehead atoms. The number of hydrogen-bond acceptors (Lipinski definition) is 3. The van der Waals surface area contributed by atoms with Crippen LogP contribution in [0.25, 0.3) is 0 Å². The van der Waals surface area contributed by atoms with E-state index in [0.717, 1.165) is 57.7 Å². The molecule has 1 aromatic rings. The average molecular weight is 328 g/mol. The largest absolute Gasteiger partial charge is 0.381 e. The monoisotopic (exact) mass is 328 g/mol. The molecule has 0 saturated carbocycles. The standard InChI is InChI=1S/C17H23F3N2O/c1-2-22-6-3-15(21-12-4-7-23-8-5-12)17(22)11-9-13(18)16(20)14(19)10-11/h9-10,12,15,17,21H,2-8H2,1H3/t15-,17-/m1/s1. The van der Waals surface area contributed by atoms with Gasteiger partial charge in [-0.05, 0) is 43.5 Å². The van der Waals surface area contributed by atoms with Crippen molar-refractivity contribution in [2.45, 2.75) is 44.3 Å². The van der Waals surface area contributed by atoms with Crippen molar-refractivity contribution in [1.82, 2.24) is 10.2 Å². The molecule has 2 saturated heterocycles. The molecule has 23 heavy (non-hydrogen) atoms. The molecule has 2 aliphatic heterocycles. The number of halogens is 3. The number of hydrogen-bond donors (Lipinski definition) is 1. The van der Waals surface area contributed by atoms with Crippen LogP contribution < -0.4 is 5.32 Å². The lowest BCUT2D eigenvalue weighted by atomic mass is 9.97. The summed E-state index contributed by atoms with van der Waals surface area (Å²) in [7, 11) is 0. The first-order valence-electron chi connectivity index (χ1n) is 8.32. The maximum absolute atomic E-state index is 13.6. The van der Waals surface area contributed by atoms with E-state index in [9.17, 15) is 13.2 Å². The van der Waals surface area contributed by atoms with Crippen molar-refractivity contribution in [3.63, 3.8) is 0 Å². The number of benzene rings is 1. The highest BCUT2D eigenvalue weighted by atomic mass is 19.2. The molecule has 2 aliphatic rings. The quantitative estimate of drug-likeness (QED) is 0.860. The van der Waals surface area contributed by atoms with Crippen LogP contribution >= 0.6 is 0 Å². The molecule has 128 valence electrons. The van der Waals surface area contributed by atoms with Gasteiger partial charge in [0.05, 0.1) is 6.04 Å². The van der Waals surface area contributed by atoms with E-state index in [1.165, 1.54) is 0 Å². The number of likely N-dealkylation sites (N-methyl/N-ethyl adjacent to an activating group) is 1. The van der Waals surface area contributed by atoms with E-state index in [4.69, 9.17) is 4.74 Å². The summed E-state index contributed by atoms with van der Waals surface area (Å²) in [5, 5.41) is 3.62. The normalized spacial score (nSPS) is 26.8. The number of ether oxygens (including phenoxy) is 1. The Morgan fingerprint density at radius 2 is 1.78 bits per heavy atom. The Morgan fingerprint density at radius 1 is 1.13 bits per heavy atom. The zero-order valence-corrected chi connectivity index (χ0v) is 13.3. The summed E-state index contributed by atoms with van der Waals surface area (Å²) in [5.74, 6) is -3.63. The number of nitrogens with zero attached hydrogens (tertiary/aromatic N) is 1. The van der Waals surface area contributed by atoms with Crippen molar-refractivity contribution < 1.29 is 17.9 Å². The minimum Gasteiger partial charge on any atom is -0.381 e. The second-order valence-electron chi connectivity index (χ2n) is 6.32. The Balaban J connectivity index is 1.82. The second-order valence-corrected chi connectivity index (χ2v) is 6.32. The van der Waals surface area contributed by atoms with Crippen molar-refractivity contribution in [2.24, 2.45) is 0 Å². The minimum atomic E-state index is -1.40. The van der Waals surface area contributed by atoms with Gasteiger partial charge in [-0.15, -0.1) is 0 Å². The highest BCUT2D eigenvalue weighted by molar-refractivity contribution is 5.25. The molecule has 2 heterocycles. The van der Waals surface area contributed by atoms with E-state index >= 15 is 0 Å². The molecular formula is C17H23F3N2O. The number of rotatable bonds is 4. The third kappa shape index (κ3) is 3.54. The SMILES string of the molecule is CCN1CC[C@@H](NC2CCOCC2)[C@H]1c1cc(F)c(F)c(F)c1. The summed E-state index contributed by atoms with van der Waals surface area (Å²) >= 11 is 0. The van der Waals surface area contributed by atoms with Gasteiger partial charge in [-0.25, -0.2) is 13.2 Å². The average Bonchev–Trinajstić information content (AvgIpc) is 2.95. The van der Waals surface area contributed by atoms with Crippen molar-refractivity contribution in [1.29, 1.82) is 0 Å². The van der Waals surface area contributed by atoms with Gasteiger partial charge in [-0.3, -0.25) is 4.90 Å². The van der Waals surface area contributed by atoms with Crippen LogP contribution in [0.3, 0.4) is 0 Å². The minimum absolute atomic E-state index is 0.113. The molecule has 3 rings (SSSR count). The third-order valence-electron chi connectivity index (χ3n) is 4.93. The van der Waals surface area contributed by atoms with Crippen LogP contribution in [0, 0.1) is 17.5 Å². The zero-order valence-electron chi connectivity index (χ0n) is 13.3. The van der Waals surface area contributed by atoms with Gasteiger partial charge >= 0.3 is 0 Å². The molecular weight excluding hydrogens is 305 g/mol. The topological polar surface area (TPSA) is 24.5 Å². The second kappa shape index (κ2) is 7.20. The molecule has 0 spiro atoms. The van der Waals surface area contributed by atoms with Gasteiger partial charge in [0.25, 0.3) is 0 Å². The molecule has 0 aliphatic carbocycles. The lowest BCUT2D eigenvalue weighted by molar-refractivity contribution is 0.0729. The maximum atomic E-state index is 13.6. The van der Waals surface area contributed by atoms with Crippen molar-refractivity contribution in [3.8, 4) is 0 Å². The lowest BCUT2D eigenvalue weighted by Gasteiger charge is -2.32. The van der Waals surface area contributed by atoms with E-state index < -0.39 is 17.5 Å². The molecule has 0 unspecified atom stereocenters. The summed E-state index contributed by atoms with van der Waals surface area (Å²) in [4.78, 5) is 2.18. The Kier molecular flexibility index (Phi) is 5.24. The van der Waals surface area contributed by atoms with E-state index in [-0.39, 0.29) is 12.1 Å². The van der Waals surface area contributed by atoms with Crippen LogP contribution in [0.5, 0.6) is 0 Å². The van der Waals surface area contributed by atoms with E-state index in [1.54, 1.807) is 0 Å². The summed E-state index contributed by atoms with van der Waals surface area (Å²) in [5.41, 5.74) is 0.505. The molecule has 0 amide bonds. The van der Waals surface area contributed by atoms with Gasteiger partial charge in [0, 0.05) is 31.8 Å². The molecule has 3 nitrogen and oxygen atoms in total. The maximum Gasteiger partial charge on any atom is 0.194 e. The van der Waals surface area contributed by atoms with Crippen LogP contribution in [0.2, 0.25) is 0 Å². The first-order valence-corrected chi connectivity index (χ1v) is 8.32. The Bertz CT molecular complexity index is 526. The van der Waals surface area contributed by atoms with E-state index in [2.05, 4.69) is 10.2 Å². The highest BCUT2D eigenvalue weighted by Gasteiger charge is 2.36. The molecule has 1 aromatic carbocycles. The fourth-order valence-electron chi connectivity index (χ4n) is 3.74. The Labute approximate surface area is 134 Å². The molecule has 2 atom stereocenters.